The van der Waals surface area contributed by atoms with Crippen molar-refractivity contribution in [2.24, 2.45) is 0 Å². The van der Waals surface area contributed by atoms with Crippen molar-refractivity contribution in [1.29, 1.82) is 5.26 Å². The zero-order valence-electron chi connectivity index (χ0n) is 10.9. The van der Waals surface area contributed by atoms with Crippen molar-refractivity contribution >= 4 is 11.6 Å². The number of nitrogens with zero attached hydrogens (tertiary/aromatic N) is 3. The molecule has 6 nitrogen and oxygen atoms in total. The fourth-order valence-electron chi connectivity index (χ4n) is 1.66. The number of rotatable bonds is 5. The van der Waals surface area contributed by atoms with Crippen LogP contribution in [0.25, 0.3) is 0 Å². The van der Waals surface area contributed by atoms with Crippen LogP contribution >= 0.6 is 0 Å². The molecule has 0 radical (unpaired) electrons. The highest BCUT2D eigenvalue weighted by Gasteiger charge is 2.19. The number of nitriles is 1. The lowest BCUT2D eigenvalue weighted by atomic mass is 10.1. The normalized spacial score (nSPS) is 10.0. The molecule has 19 heavy (non-hydrogen) atoms. The maximum absolute atomic E-state index is 12.2. The molecule has 100 valence electrons. The van der Waals surface area contributed by atoms with Crippen LogP contribution in [0.4, 0.5) is 5.69 Å². The molecule has 1 rings (SSSR count). The van der Waals surface area contributed by atoms with Gasteiger partial charge in [-0.2, -0.15) is 5.26 Å². The van der Waals surface area contributed by atoms with E-state index in [1.807, 2.05) is 19.9 Å². The number of hydrogen-bond acceptors (Lipinski definition) is 4. The Morgan fingerprint density at radius 3 is 2.42 bits per heavy atom. The van der Waals surface area contributed by atoms with Gasteiger partial charge in [-0.05, 0) is 26.0 Å². The minimum atomic E-state index is -0.510. The Balaban J connectivity index is 2.90. The highest BCUT2D eigenvalue weighted by atomic mass is 16.6. The van der Waals surface area contributed by atoms with E-state index in [0.29, 0.717) is 12.1 Å². The second-order valence-corrected chi connectivity index (χ2v) is 4.30. The van der Waals surface area contributed by atoms with Crippen molar-refractivity contribution in [3.05, 3.63) is 39.9 Å². The Hall–Kier alpha value is -2.42. The van der Waals surface area contributed by atoms with Crippen LogP contribution in [0.1, 0.15) is 30.6 Å². The van der Waals surface area contributed by atoms with Gasteiger partial charge in [-0.25, -0.2) is 0 Å². The summed E-state index contributed by atoms with van der Waals surface area (Å²) in [4.78, 5) is 23.8. The van der Waals surface area contributed by atoms with Crippen LogP contribution in [0.2, 0.25) is 0 Å². The molecule has 0 aliphatic rings. The number of benzene rings is 1. The summed E-state index contributed by atoms with van der Waals surface area (Å²) in [7, 11) is 0. The SMILES string of the molecule is CC(C)N(CCC#N)C(=O)c1ccc([N+](=O)[O-])cc1. The van der Waals surface area contributed by atoms with Gasteiger partial charge in [-0.15, -0.1) is 0 Å². The van der Waals surface area contributed by atoms with Gasteiger partial charge >= 0.3 is 0 Å². The average Bonchev–Trinajstić information content (AvgIpc) is 2.38. The molecule has 0 spiro atoms. The monoisotopic (exact) mass is 261 g/mol. The summed E-state index contributed by atoms with van der Waals surface area (Å²) in [5.74, 6) is -0.222. The lowest BCUT2D eigenvalue weighted by Crippen LogP contribution is -2.37. The van der Waals surface area contributed by atoms with Gasteiger partial charge in [-0.1, -0.05) is 0 Å². The van der Waals surface area contributed by atoms with Crippen LogP contribution in [-0.4, -0.2) is 28.3 Å². The van der Waals surface area contributed by atoms with Crippen molar-refractivity contribution in [2.45, 2.75) is 26.3 Å². The zero-order valence-corrected chi connectivity index (χ0v) is 10.9. The largest absolute Gasteiger partial charge is 0.335 e. The second kappa shape index (κ2) is 6.50. The minimum absolute atomic E-state index is 0.0314. The van der Waals surface area contributed by atoms with Crippen LogP contribution < -0.4 is 0 Å². The molecule has 0 bridgehead atoms. The van der Waals surface area contributed by atoms with Crippen molar-refractivity contribution in [1.82, 2.24) is 4.90 Å². The van der Waals surface area contributed by atoms with Crippen molar-refractivity contribution in [2.75, 3.05) is 6.54 Å². The molecule has 1 amide bonds. The van der Waals surface area contributed by atoms with Gasteiger partial charge in [0.2, 0.25) is 0 Å². The molecule has 0 unspecified atom stereocenters. The number of nitro benzene ring substituents is 1. The Bertz CT molecular complexity index is 503. The topological polar surface area (TPSA) is 87.2 Å². The summed E-state index contributed by atoms with van der Waals surface area (Å²) in [6.45, 7) is 4.07. The van der Waals surface area contributed by atoms with Gasteiger partial charge in [0.15, 0.2) is 0 Å². The second-order valence-electron chi connectivity index (χ2n) is 4.30. The summed E-state index contributed by atoms with van der Waals surface area (Å²) >= 11 is 0. The Morgan fingerprint density at radius 1 is 1.42 bits per heavy atom. The van der Waals surface area contributed by atoms with Crippen molar-refractivity contribution in [3.63, 3.8) is 0 Å². The van der Waals surface area contributed by atoms with Gasteiger partial charge in [0.25, 0.3) is 11.6 Å². The summed E-state index contributed by atoms with van der Waals surface area (Å²) < 4.78 is 0. The molecular formula is C13H15N3O3. The van der Waals surface area contributed by atoms with E-state index in [1.54, 1.807) is 4.90 Å². The molecule has 0 aliphatic heterocycles. The minimum Gasteiger partial charge on any atom is -0.335 e. The summed E-state index contributed by atoms with van der Waals surface area (Å²) in [5, 5.41) is 19.1. The highest BCUT2D eigenvalue weighted by molar-refractivity contribution is 5.94. The quantitative estimate of drug-likeness (QED) is 0.601. The van der Waals surface area contributed by atoms with Gasteiger partial charge in [-0.3, -0.25) is 14.9 Å². The molecule has 1 aromatic rings. The van der Waals surface area contributed by atoms with Gasteiger partial charge < -0.3 is 4.90 Å². The molecule has 1 aromatic carbocycles. The first-order chi connectivity index (χ1) is 8.97. The number of hydrogen-bond donors (Lipinski definition) is 0. The Labute approximate surface area is 111 Å². The average molecular weight is 261 g/mol. The first-order valence-electron chi connectivity index (χ1n) is 5.89. The van der Waals surface area contributed by atoms with Crippen LogP contribution in [0, 0.1) is 21.4 Å². The van der Waals surface area contributed by atoms with Crippen molar-refractivity contribution in [3.8, 4) is 6.07 Å². The van der Waals surface area contributed by atoms with Crippen molar-refractivity contribution < 1.29 is 9.72 Å². The predicted molar refractivity (Wildman–Crippen MR) is 69.5 cm³/mol. The third-order valence-electron chi connectivity index (χ3n) is 2.67. The molecule has 0 saturated carbocycles. The molecule has 0 heterocycles. The summed E-state index contributed by atoms with van der Waals surface area (Å²) in [6, 6.07) is 7.44. The first kappa shape index (κ1) is 14.6. The van der Waals surface area contributed by atoms with E-state index in [2.05, 4.69) is 0 Å². The van der Waals surface area contributed by atoms with Crippen LogP contribution in [0.5, 0.6) is 0 Å². The van der Waals surface area contributed by atoms with E-state index in [9.17, 15) is 14.9 Å². The molecule has 0 fully saturated rings. The fourth-order valence-corrected chi connectivity index (χ4v) is 1.66. The smallest absolute Gasteiger partial charge is 0.269 e. The number of nitro groups is 1. The molecular weight excluding hydrogens is 246 g/mol. The van der Waals surface area contributed by atoms with Crippen LogP contribution in [0.3, 0.4) is 0 Å². The van der Waals surface area contributed by atoms with Gasteiger partial charge in [0.05, 0.1) is 17.4 Å². The maximum atomic E-state index is 12.2. The third-order valence-corrected chi connectivity index (χ3v) is 2.67. The number of carbonyl (C=O) groups is 1. The number of non-ortho nitro benzene ring substituents is 1. The van der Waals surface area contributed by atoms with Crippen LogP contribution in [-0.2, 0) is 0 Å². The maximum Gasteiger partial charge on any atom is 0.269 e. The molecule has 6 heteroatoms. The number of amides is 1. The standard InChI is InChI=1S/C13H15N3O3/c1-10(2)15(9-3-8-14)13(17)11-4-6-12(7-5-11)16(18)19/h4-7,10H,3,9H2,1-2H3. The van der Waals surface area contributed by atoms with E-state index in [0.717, 1.165) is 0 Å². The molecule has 0 aliphatic carbocycles. The van der Waals surface area contributed by atoms with E-state index in [-0.39, 0.29) is 24.1 Å². The van der Waals surface area contributed by atoms with Crippen LogP contribution in [0.15, 0.2) is 24.3 Å². The Kier molecular flexibility index (Phi) is 5.01. The summed E-state index contributed by atoms with van der Waals surface area (Å²) in [5.41, 5.74) is 0.335. The molecule has 0 N–H and O–H groups in total. The van der Waals surface area contributed by atoms with E-state index in [1.165, 1.54) is 24.3 Å². The lowest BCUT2D eigenvalue weighted by molar-refractivity contribution is -0.384. The third kappa shape index (κ3) is 3.78. The van der Waals surface area contributed by atoms with E-state index >= 15 is 0 Å². The van der Waals surface area contributed by atoms with Gasteiger partial charge in [0.1, 0.15) is 0 Å². The molecule has 0 saturated heterocycles. The lowest BCUT2D eigenvalue weighted by Gasteiger charge is -2.25. The summed E-state index contributed by atoms with van der Waals surface area (Å²) in [6.07, 6.45) is 0.261. The number of carbonyl (C=O) groups excluding carboxylic acids is 1. The fraction of sp³-hybridized carbons (Fsp3) is 0.385. The van der Waals surface area contributed by atoms with E-state index < -0.39 is 4.92 Å². The first-order valence-corrected chi connectivity index (χ1v) is 5.89. The van der Waals surface area contributed by atoms with E-state index in [4.69, 9.17) is 5.26 Å². The highest BCUT2D eigenvalue weighted by Crippen LogP contribution is 2.15. The van der Waals surface area contributed by atoms with Gasteiger partial charge in [0, 0.05) is 30.3 Å². The predicted octanol–water partition coefficient (Wildman–Crippen LogP) is 2.36. The Morgan fingerprint density at radius 2 is 2.00 bits per heavy atom. The molecule has 0 atom stereocenters. The zero-order chi connectivity index (χ0) is 14.4. The molecule has 0 aromatic heterocycles.